The molecule has 0 aliphatic carbocycles. The lowest BCUT2D eigenvalue weighted by Gasteiger charge is -2.34. The van der Waals surface area contributed by atoms with Gasteiger partial charge in [-0.2, -0.15) is 0 Å². The molecule has 0 unspecified atom stereocenters. The van der Waals surface area contributed by atoms with Crippen LogP contribution in [0.5, 0.6) is 5.75 Å². The largest absolute Gasteiger partial charge is 0.508 e. The number of nitrogens with zero attached hydrogens (tertiary/aromatic N) is 1. The van der Waals surface area contributed by atoms with E-state index >= 15 is 0 Å². The van der Waals surface area contributed by atoms with E-state index in [2.05, 4.69) is 12.2 Å². The molecule has 2 N–H and O–H groups in total. The van der Waals surface area contributed by atoms with Crippen LogP contribution in [0.1, 0.15) is 48.1 Å². The highest BCUT2D eigenvalue weighted by molar-refractivity contribution is 5.93. The van der Waals surface area contributed by atoms with Crippen LogP contribution in [-0.2, 0) is 0 Å². The molecule has 1 atom stereocenters. The second kappa shape index (κ2) is 7.53. The number of phenols is 1. The minimum absolute atomic E-state index is 0.0370. The molecular formula is C19H24N2O3. The van der Waals surface area contributed by atoms with Crippen molar-refractivity contribution in [2.45, 2.75) is 38.3 Å². The van der Waals surface area contributed by atoms with Crippen molar-refractivity contribution in [3.8, 4) is 5.75 Å². The van der Waals surface area contributed by atoms with Crippen molar-refractivity contribution in [3.63, 3.8) is 0 Å². The van der Waals surface area contributed by atoms with Crippen LogP contribution in [0, 0.1) is 0 Å². The second-order valence-electron chi connectivity index (χ2n) is 6.26. The maximum Gasteiger partial charge on any atom is 0.257 e. The van der Waals surface area contributed by atoms with Crippen LogP contribution >= 0.6 is 0 Å². The summed E-state index contributed by atoms with van der Waals surface area (Å²) in [5, 5.41) is 13.7. The Balaban J connectivity index is 1.57. The van der Waals surface area contributed by atoms with Gasteiger partial charge in [0, 0.05) is 30.7 Å². The first kappa shape index (κ1) is 16.6. The summed E-state index contributed by atoms with van der Waals surface area (Å²) in [5.41, 5.74) is 1.55. The lowest BCUT2D eigenvalue weighted by Crippen LogP contribution is -2.45. The van der Waals surface area contributed by atoms with E-state index in [4.69, 9.17) is 4.42 Å². The monoisotopic (exact) mass is 328 g/mol. The molecule has 1 aliphatic heterocycles. The molecule has 1 amide bonds. The fourth-order valence-electron chi connectivity index (χ4n) is 3.31. The van der Waals surface area contributed by atoms with Gasteiger partial charge in [0.15, 0.2) is 0 Å². The van der Waals surface area contributed by atoms with Gasteiger partial charge in [-0.1, -0.05) is 25.1 Å². The first-order chi connectivity index (χ1) is 11.7. The normalized spacial score (nSPS) is 17.0. The number of aromatic hydroxyl groups is 1. The smallest absolute Gasteiger partial charge is 0.257 e. The summed E-state index contributed by atoms with van der Waals surface area (Å²) in [4.78, 5) is 14.2. The number of likely N-dealkylation sites (tertiary alicyclic amines) is 1. The van der Waals surface area contributed by atoms with Gasteiger partial charge in [-0.15, -0.1) is 0 Å². The van der Waals surface area contributed by atoms with Gasteiger partial charge in [-0.25, -0.2) is 0 Å². The van der Waals surface area contributed by atoms with Gasteiger partial charge in [0.25, 0.3) is 5.91 Å². The van der Waals surface area contributed by atoms with Crippen molar-refractivity contribution in [2.75, 3.05) is 13.1 Å². The number of furan rings is 1. The van der Waals surface area contributed by atoms with Crippen LogP contribution in [-0.4, -0.2) is 35.0 Å². The number of benzene rings is 1. The zero-order valence-corrected chi connectivity index (χ0v) is 13.9. The number of nitrogens with one attached hydrogen (secondary N) is 1. The van der Waals surface area contributed by atoms with Crippen molar-refractivity contribution >= 4 is 5.91 Å². The van der Waals surface area contributed by atoms with E-state index in [1.165, 1.54) is 12.5 Å². The zero-order valence-electron chi connectivity index (χ0n) is 13.9. The van der Waals surface area contributed by atoms with Crippen LogP contribution in [0.3, 0.4) is 0 Å². The molecule has 2 aromatic rings. The summed E-state index contributed by atoms with van der Waals surface area (Å²) in [7, 11) is 0. The highest BCUT2D eigenvalue weighted by Gasteiger charge is 2.26. The molecule has 1 aliphatic rings. The number of hydrogen-bond donors (Lipinski definition) is 2. The van der Waals surface area contributed by atoms with E-state index in [0.717, 1.165) is 37.9 Å². The van der Waals surface area contributed by atoms with Gasteiger partial charge in [0.05, 0.1) is 11.8 Å². The van der Waals surface area contributed by atoms with E-state index in [9.17, 15) is 9.90 Å². The third-order valence-corrected chi connectivity index (χ3v) is 4.71. The van der Waals surface area contributed by atoms with Gasteiger partial charge in [-0.3, -0.25) is 4.79 Å². The Morgan fingerprint density at radius 1 is 1.33 bits per heavy atom. The van der Waals surface area contributed by atoms with Crippen LogP contribution in [0.15, 0.2) is 47.3 Å². The standard InChI is InChI=1S/C19H24N2O3/c1-2-17(16-5-3-4-6-18(16)22)20-15-7-10-21(11-8-15)19(23)14-9-12-24-13-14/h3-6,9,12-13,15,17,20,22H,2,7-8,10-11H2,1H3/t17-/m0/s1. The quantitative estimate of drug-likeness (QED) is 0.883. The Kier molecular flexibility index (Phi) is 5.20. The number of rotatable bonds is 5. The van der Waals surface area contributed by atoms with Crippen LogP contribution in [0.4, 0.5) is 0 Å². The predicted octanol–water partition coefficient (Wildman–Crippen LogP) is 3.33. The summed E-state index contributed by atoms with van der Waals surface area (Å²) in [6, 6.07) is 9.67. The Labute approximate surface area is 142 Å². The predicted molar refractivity (Wildman–Crippen MR) is 91.9 cm³/mol. The summed E-state index contributed by atoms with van der Waals surface area (Å²) in [5.74, 6) is 0.374. The highest BCUT2D eigenvalue weighted by Crippen LogP contribution is 2.27. The molecule has 0 saturated carbocycles. The van der Waals surface area contributed by atoms with E-state index in [-0.39, 0.29) is 11.9 Å². The molecule has 5 nitrogen and oxygen atoms in total. The molecule has 128 valence electrons. The number of carbonyl (C=O) groups excluding carboxylic acids is 1. The molecule has 1 aromatic heterocycles. The number of phenolic OH excluding ortho intramolecular Hbond substituents is 1. The average Bonchev–Trinajstić information content (AvgIpc) is 3.15. The van der Waals surface area contributed by atoms with Crippen LogP contribution in [0.2, 0.25) is 0 Å². The zero-order chi connectivity index (χ0) is 16.9. The second-order valence-corrected chi connectivity index (χ2v) is 6.26. The Bertz CT molecular complexity index is 661. The Hall–Kier alpha value is -2.27. The van der Waals surface area contributed by atoms with Crippen molar-refractivity contribution < 1.29 is 14.3 Å². The van der Waals surface area contributed by atoms with Gasteiger partial charge < -0.3 is 19.7 Å². The lowest BCUT2D eigenvalue weighted by atomic mass is 9.98. The summed E-state index contributed by atoms with van der Waals surface area (Å²) >= 11 is 0. The van der Waals surface area contributed by atoms with Gasteiger partial charge in [0.2, 0.25) is 0 Å². The first-order valence-electron chi connectivity index (χ1n) is 8.54. The van der Waals surface area contributed by atoms with Crippen LogP contribution < -0.4 is 5.32 Å². The fourth-order valence-corrected chi connectivity index (χ4v) is 3.31. The number of piperidine rings is 1. The molecule has 1 aromatic carbocycles. The third kappa shape index (κ3) is 3.62. The topological polar surface area (TPSA) is 65.7 Å². The molecule has 0 spiro atoms. The van der Waals surface area contributed by atoms with Crippen molar-refractivity contribution in [2.24, 2.45) is 0 Å². The van der Waals surface area contributed by atoms with E-state index < -0.39 is 0 Å². The van der Waals surface area contributed by atoms with Gasteiger partial charge >= 0.3 is 0 Å². The number of carbonyl (C=O) groups is 1. The van der Waals surface area contributed by atoms with Gasteiger partial charge in [-0.05, 0) is 31.4 Å². The minimum Gasteiger partial charge on any atom is -0.508 e. The molecule has 0 radical (unpaired) electrons. The van der Waals surface area contributed by atoms with Crippen molar-refractivity contribution in [3.05, 3.63) is 54.0 Å². The molecule has 0 bridgehead atoms. The Morgan fingerprint density at radius 3 is 2.71 bits per heavy atom. The molecule has 3 rings (SSSR count). The van der Waals surface area contributed by atoms with E-state index in [1.54, 1.807) is 12.1 Å². The third-order valence-electron chi connectivity index (χ3n) is 4.71. The highest BCUT2D eigenvalue weighted by atomic mass is 16.3. The van der Waals surface area contributed by atoms with E-state index in [1.807, 2.05) is 23.1 Å². The molecule has 1 fully saturated rings. The van der Waals surface area contributed by atoms with Crippen LogP contribution in [0.25, 0.3) is 0 Å². The lowest BCUT2D eigenvalue weighted by molar-refractivity contribution is 0.0700. The fraction of sp³-hybridized carbons (Fsp3) is 0.421. The van der Waals surface area contributed by atoms with Crippen molar-refractivity contribution in [1.29, 1.82) is 0 Å². The van der Waals surface area contributed by atoms with E-state index in [0.29, 0.717) is 17.4 Å². The van der Waals surface area contributed by atoms with Gasteiger partial charge in [0.1, 0.15) is 12.0 Å². The maximum absolute atomic E-state index is 12.3. The Morgan fingerprint density at radius 2 is 2.08 bits per heavy atom. The maximum atomic E-state index is 12.3. The minimum atomic E-state index is 0.0370. The molecule has 1 saturated heterocycles. The van der Waals surface area contributed by atoms with Crippen molar-refractivity contribution in [1.82, 2.24) is 10.2 Å². The number of hydrogen-bond acceptors (Lipinski definition) is 4. The first-order valence-corrected chi connectivity index (χ1v) is 8.54. The molecular weight excluding hydrogens is 304 g/mol. The average molecular weight is 328 g/mol. The number of para-hydroxylation sites is 1. The molecule has 5 heteroatoms. The summed E-state index contributed by atoms with van der Waals surface area (Å²) < 4.78 is 4.99. The molecule has 24 heavy (non-hydrogen) atoms. The summed E-state index contributed by atoms with van der Waals surface area (Å²) in [6.45, 7) is 3.58. The number of amides is 1. The summed E-state index contributed by atoms with van der Waals surface area (Å²) in [6.07, 6.45) is 5.75. The SMILES string of the molecule is CC[C@H](NC1CCN(C(=O)c2ccoc2)CC1)c1ccccc1O. The molecule has 2 heterocycles.